The van der Waals surface area contributed by atoms with Gasteiger partial charge in [-0.2, -0.15) is 0 Å². The number of nitrogens with one attached hydrogen (secondary N) is 2. The summed E-state index contributed by atoms with van der Waals surface area (Å²) in [6.45, 7) is 3.38. The van der Waals surface area contributed by atoms with E-state index in [0.29, 0.717) is 6.04 Å². The van der Waals surface area contributed by atoms with Gasteiger partial charge in [-0.3, -0.25) is 0 Å². The summed E-state index contributed by atoms with van der Waals surface area (Å²) in [6, 6.07) is 10.9. The first-order valence-electron chi connectivity index (χ1n) is 10.2. The lowest BCUT2D eigenvalue weighted by atomic mass is 10.1. The van der Waals surface area contributed by atoms with E-state index in [0.717, 1.165) is 43.6 Å². The van der Waals surface area contributed by atoms with Gasteiger partial charge in [0.05, 0.1) is 24.6 Å². The second-order valence-electron chi connectivity index (χ2n) is 7.36. The van der Waals surface area contributed by atoms with Crippen molar-refractivity contribution in [2.24, 2.45) is 0 Å². The highest BCUT2D eigenvalue weighted by molar-refractivity contribution is 5.74. The molecule has 0 bridgehead atoms. The number of aromatic nitrogens is 2. The van der Waals surface area contributed by atoms with Gasteiger partial charge in [0.2, 0.25) is 0 Å². The second kappa shape index (κ2) is 9.04. The van der Waals surface area contributed by atoms with Crippen LogP contribution in [-0.4, -0.2) is 42.3 Å². The van der Waals surface area contributed by atoms with E-state index >= 15 is 0 Å². The zero-order chi connectivity index (χ0) is 18.3. The lowest BCUT2D eigenvalue weighted by Crippen LogP contribution is -2.36. The number of anilines is 4. The first-order chi connectivity index (χ1) is 13.4. The molecule has 27 heavy (non-hydrogen) atoms. The van der Waals surface area contributed by atoms with Gasteiger partial charge in [0, 0.05) is 25.2 Å². The SMILES string of the molecule is c1ccc(N2CCOCC2)c(Nc2cc(NC3CCCCCC3)ncn2)c1. The van der Waals surface area contributed by atoms with Crippen LogP contribution in [0.1, 0.15) is 38.5 Å². The molecule has 2 N–H and O–H groups in total. The summed E-state index contributed by atoms with van der Waals surface area (Å²) >= 11 is 0. The van der Waals surface area contributed by atoms with E-state index in [4.69, 9.17) is 4.74 Å². The minimum atomic E-state index is 0.524. The Hall–Kier alpha value is -2.34. The number of nitrogens with zero attached hydrogens (tertiary/aromatic N) is 3. The highest BCUT2D eigenvalue weighted by Gasteiger charge is 2.16. The fraction of sp³-hybridized carbons (Fsp3) is 0.524. The molecular weight excluding hydrogens is 338 g/mol. The Labute approximate surface area is 161 Å². The molecular formula is C21H29N5O. The third-order valence-corrected chi connectivity index (χ3v) is 5.39. The smallest absolute Gasteiger partial charge is 0.135 e. The molecule has 1 saturated heterocycles. The van der Waals surface area contributed by atoms with Crippen molar-refractivity contribution >= 4 is 23.0 Å². The van der Waals surface area contributed by atoms with Crippen LogP contribution in [-0.2, 0) is 4.74 Å². The molecule has 2 aliphatic rings. The van der Waals surface area contributed by atoms with E-state index in [9.17, 15) is 0 Å². The minimum absolute atomic E-state index is 0.524. The molecule has 0 atom stereocenters. The third kappa shape index (κ3) is 4.89. The zero-order valence-electron chi connectivity index (χ0n) is 15.9. The standard InChI is InChI=1S/C21H29N5O/c1-2-4-8-17(7-3-1)24-20-15-21(23-16-22-20)25-18-9-5-6-10-19(18)26-11-13-27-14-12-26/h5-6,9-10,15-17H,1-4,7-8,11-14H2,(H2,22,23,24,25). The highest BCUT2D eigenvalue weighted by atomic mass is 16.5. The monoisotopic (exact) mass is 367 g/mol. The summed E-state index contributed by atoms with van der Waals surface area (Å²) in [5.74, 6) is 1.73. The molecule has 4 rings (SSSR count). The quantitative estimate of drug-likeness (QED) is 0.773. The highest BCUT2D eigenvalue weighted by Crippen LogP contribution is 2.29. The predicted molar refractivity (Wildman–Crippen MR) is 110 cm³/mol. The summed E-state index contributed by atoms with van der Waals surface area (Å²) in [6.07, 6.45) is 9.42. The molecule has 6 heteroatoms. The fourth-order valence-electron chi connectivity index (χ4n) is 3.93. The maximum atomic E-state index is 5.49. The molecule has 1 aromatic carbocycles. The Morgan fingerprint density at radius 2 is 1.67 bits per heavy atom. The number of rotatable bonds is 5. The van der Waals surface area contributed by atoms with Crippen molar-refractivity contribution in [3.63, 3.8) is 0 Å². The molecule has 2 fully saturated rings. The number of hydrogen-bond donors (Lipinski definition) is 2. The van der Waals surface area contributed by atoms with Crippen molar-refractivity contribution in [3.8, 4) is 0 Å². The van der Waals surface area contributed by atoms with Crippen LogP contribution < -0.4 is 15.5 Å². The number of morpholine rings is 1. The van der Waals surface area contributed by atoms with Gasteiger partial charge >= 0.3 is 0 Å². The van der Waals surface area contributed by atoms with Gasteiger partial charge in [-0.25, -0.2) is 9.97 Å². The first kappa shape index (κ1) is 18.0. The van der Waals surface area contributed by atoms with Gasteiger partial charge in [-0.15, -0.1) is 0 Å². The Morgan fingerprint density at radius 1 is 0.926 bits per heavy atom. The summed E-state index contributed by atoms with van der Waals surface area (Å²) in [4.78, 5) is 11.2. The molecule has 6 nitrogen and oxygen atoms in total. The number of benzene rings is 1. The van der Waals surface area contributed by atoms with Crippen LogP contribution in [0.15, 0.2) is 36.7 Å². The van der Waals surface area contributed by atoms with Crippen molar-refractivity contribution in [1.82, 2.24) is 9.97 Å². The van der Waals surface area contributed by atoms with Gasteiger partial charge < -0.3 is 20.3 Å². The molecule has 1 aliphatic carbocycles. The van der Waals surface area contributed by atoms with Crippen molar-refractivity contribution in [3.05, 3.63) is 36.7 Å². The van der Waals surface area contributed by atoms with E-state index in [-0.39, 0.29) is 0 Å². The zero-order valence-corrected chi connectivity index (χ0v) is 15.9. The molecule has 2 aromatic rings. The number of para-hydroxylation sites is 2. The van der Waals surface area contributed by atoms with Crippen LogP contribution in [0.2, 0.25) is 0 Å². The van der Waals surface area contributed by atoms with E-state index in [1.807, 2.05) is 6.07 Å². The Balaban J connectivity index is 1.47. The average molecular weight is 367 g/mol. The van der Waals surface area contributed by atoms with Crippen LogP contribution in [0.4, 0.5) is 23.0 Å². The second-order valence-corrected chi connectivity index (χ2v) is 7.36. The lowest BCUT2D eigenvalue weighted by molar-refractivity contribution is 0.123. The van der Waals surface area contributed by atoms with Gasteiger partial charge in [0.1, 0.15) is 18.0 Å². The van der Waals surface area contributed by atoms with Crippen molar-refractivity contribution in [1.29, 1.82) is 0 Å². The maximum Gasteiger partial charge on any atom is 0.135 e. The normalized spacial score (nSPS) is 18.7. The van der Waals surface area contributed by atoms with Crippen LogP contribution in [0.25, 0.3) is 0 Å². The molecule has 0 amide bonds. The first-order valence-corrected chi connectivity index (χ1v) is 10.2. The summed E-state index contributed by atoms with van der Waals surface area (Å²) in [5.41, 5.74) is 2.26. The van der Waals surface area contributed by atoms with Crippen molar-refractivity contribution in [2.45, 2.75) is 44.6 Å². The molecule has 1 saturated carbocycles. The molecule has 0 unspecified atom stereocenters. The summed E-state index contributed by atoms with van der Waals surface area (Å²) in [7, 11) is 0. The predicted octanol–water partition coefficient (Wildman–Crippen LogP) is 4.19. The van der Waals surface area contributed by atoms with E-state index in [1.165, 1.54) is 44.2 Å². The van der Waals surface area contributed by atoms with Gasteiger partial charge in [-0.1, -0.05) is 37.8 Å². The lowest BCUT2D eigenvalue weighted by Gasteiger charge is -2.30. The summed E-state index contributed by atoms with van der Waals surface area (Å²) < 4.78 is 5.49. The van der Waals surface area contributed by atoms with Crippen LogP contribution in [0.5, 0.6) is 0 Å². The Bertz CT molecular complexity index is 724. The topological polar surface area (TPSA) is 62.3 Å². The van der Waals surface area contributed by atoms with Crippen LogP contribution >= 0.6 is 0 Å². The molecule has 144 valence electrons. The minimum Gasteiger partial charge on any atom is -0.378 e. The molecule has 0 radical (unpaired) electrons. The average Bonchev–Trinajstić information content (AvgIpc) is 2.98. The largest absolute Gasteiger partial charge is 0.378 e. The van der Waals surface area contributed by atoms with Crippen LogP contribution in [0, 0.1) is 0 Å². The van der Waals surface area contributed by atoms with Crippen molar-refractivity contribution < 1.29 is 4.74 Å². The molecule has 1 aromatic heterocycles. The maximum absolute atomic E-state index is 5.49. The van der Waals surface area contributed by atoms with E-state index < -0.39 is 0 Å². The molecule has 0 spiro atoms. The van der Waals surface area contributed by atoms with E-state index in [2.05, 4.69) is 49.8 Å². The van der Waals surface area contributed by atoms with Crippen LogP contribution in [0.3, 0.4) is 0 Å². The summed E-state index contributed by atoms with van der Waals surface area (Å²) in [5, 5.41) is 7.09. The van der Waals surface area contributed by atoms with E-state index in [1.54, 1.807) is 6.33 Å². The molecule has 1 aliphatic heterocycles. The molecule has 2 heterocycles. The Kier molecular flexibility index (Phi) is 6.04. The van der Waals surface area contributed by atoms with Gasteiger partial charge in [0.25, 0.3) is 0 Å². The third-order valence-electron chi connectivity index (χ3n) is 5.39. The van der Waals surface area contributed by atoms with Gasteiger partial charge in [0.15, 0.2) is 0 Å². The number of ether oxygens (including phenoxy) is 1. The van der Waals surface area contributed by atoms with Crippen molar-refractivity contribution in [2.75, 3.05) is 41.8 Å². The Morgan fingerprint density at radius 3 is 2.48 bits per heavy atom. The van der Waals surface area contributed by atoms with Gasteiger partial charge in [-0.05, 0) is 25.0 Å². The fourth-order valence-corrected chi connectivity index (χ4v) is 3.93. The number of hydrogen-bond acceptors (Lipinski definition) is 6.